The number of ether oxygens (including phenoxy) is 1. The van der Waals surface area contributed by atoms with Gasteiger partial charge in [-0.2, -0.15) is 0 Å². The Balaban J connectivity index is 2.86. The number of aliphatic carboxylic acids is 1. The third-order valence-electron chi connectivity index (χ3n) is 3.09. The van der Waals surface area contributed by atoms with Gasteiger partial charge in [0, 0.05) is 12.6 Å². The monoisotopic (exact) mass is 343 g/mol. The second kappa shape index (κ2) is 8.60. The second-order valence-electron chi connectivity index (χ2n) is 5.45. The summed E-state index contributed by atoms with van der Waals surface area (Å²) in [5, 5.41) is 49.8. The smallest absolute Gasteiger partial charge is 0.343 e. The van der Waals surface area contributed by atoms with E-state index in [1.54, 1.807) is 0 Å². The predicted molar refractivity (Wildman–Crippen MR) is 81.5 cm³/mol. The number of carbonyl (C=O) groups excluding carboxylic acids is 1. The standard InChI is InChI=1S/C15H21NO8/c1-7(2)16-6-10(18)8-3-4-9(17)11(5-8)24-15(23)13(20)12(19)14(21)22/h3-5,7,10,12-13,16-20H,6H2,1-2H3,(H,21,22). The summed E-state index contributed by atoms with van der Waals surface area (Å²) in [7, 11) is 0. The molecule has 0 heterocycles. The van der Waals surface area contributed by atoms with Gasteiger partial charge in [-0.3, -0.25) is 0 Å². The number of nitrogens with one attached hydrogen (secondary N) is 1. The first-order chi connectivity index (χ1) is 11.1. The molecule has 9 nitrogen and oxygen atoms in total. The molecule has 0 fully saturated rings. The molecular weight excluding hydrogens is 322 g/mol. The Labute approximate surface area is 138 Å². The number of carboxylic acid groups (broad SMARTS) is 1. The third kappa shape index (κ3) is 5.46. The lowest BCUT2D eigenvalue weighted by atomic mass is 10.1. The zero-order valence-corrected chi connectivity index (χ0v) is 13.2. The molecule has 134 valence electrons. The number of phenolic OH excluding ortho intramolecular Hbond substituents is 1. The van der Waals surface area contributed by atoms with E-state index >= 15 is 0 Å². The fourth-order valence-electron chi connectivity index (χ4n) is 1.72. The number of aliphatic hydroxyl groups excluding tert-OH is 3. The average molecular weight is 343 g/mol. The van der Waals surface area contributed by atoms with Crippen molar-refractivity contribution in [2.45, 2.75) is 38.2 Å². The topological polar surface area (TPSA) is 157 Å². The number of hydrogen-bond donors (Lipinski definition) is 6. The number of aromatic hydroxyl groups is 1. The summed E-state index contributed by atoms with van der Waals surface area (Å²) in [6.07, 6.45) is -5.62. The van der Waals surface area contributed by atoms with Crippen molar-refractivity contribution < 1.29 is 39.9 Å². The normalized spacial score (nSPS) is 14.9. The van der Waals surface area contributed by atoms with Crippen molar-refractivity contribution in [1.82, 2.24) is 5.32 Å². The van der Waals surface area contributed by atoms with Crippen LogP contribution in [0, 0.1) is 0 Å². The molecule has 0 bridgehead atoms. The lowest BCUT2D eigenvalue weighted by Gasteiger charge is -2.17. The first-order valence-electron chi connectivity index (χ1n) is 7.18. The van der Waals surface area contributed by atoms with Gasteiger partial charge in [0.15, 0.2) is 23.7 Å². The van der Waals surface area contributed by atoms with Gasteiger partial charge in [-0.25, -0.2) is 9.59 Å². The minimum absolute atomic E-state index is 0.140. The highest BCUT2D eigenvalue weighted by molar-refractivity contribution is 5.85. The van der Waals surface area contributed by atoms with E-state index in [1.807, 2.05) is 13.8 Å². The summed E-state index contributed by atoms with van der Waals surface area (Å²) >= 11 is 0. The summed E-state index contributed by atoms with van der Waals surface area (Å²) in [6, 6.07) is 3.92. The van der Waals surface area contributed by atoms with E-state index in [2.05, 4.69) is 5.32 Å². The quantitative estimate of drug-likeness (QED) is 0.261. The predicted octanol–water partition coefficient (Wildman–Crippen LogP) is -0.865. The molecule has 0 aliphatic carbocycles. The van der Waals surface area contributed by atoms with Crippen molar-refractivity contribution in [2.75, 3.05) is 6.54 Å². The number of carbonyl (C=O) groups is 2. The molecule has 1 rings (SSSR count). The van der Waals surface area contributed by atoms with Crippen LogP contribution in [-0.4, -0.2) is 62.3 Å². The summed E-state index contributed by atoms with van der Waals surface area (Å²) in [5.74, 6) is -4.08. The molecule has 0 saturated carbocycles. The second-order valence-corrected chi connectivity index (χ2v) is 5.45. The molecule has 0 amide bonds. The Morgan fingerprint density at radius 1 is 1.17 bits per heavy atom. The van der Waals surface area contributed by atoms with Crippen molar-refractivity contribution in [2.24, 2.45) is 0 Å². The maximum absolute atomic E-state index is 11.6. The summed E-state index contributed by atoms with van der Waals surface area (Å²) in [4.78, 5) is 22.2. The highest BCUT2D eigenvalue weighted by Gasteiger charge is 2.32. The van der Waals surface area contributed by atoms with E-state index in [0.717, 1.165) is 0 Å². The van der Waals surface area contributed by atoms with E-state index in [-0.39, 0.29) is 18.3 Å². The highest BCUT2D eigenvalue weighted by atomic mass is 16.6. The van der Waals surface area contributed by atoms with Crippen LogP contribution in [0.2, 0.25) is 0 Å². The van der Waals surface area contributed by atoms with Crippen LogP contribution >= 0.6 is 0 Å². The first kappa shape index (κ1) is 19.8. The SMILES string of the molecule is CC(C)NCC(O)c1ccc(O)c(OC(=O)C(O)C(O)C(=O)O)c1. The summed E-state index contributed by atoms with van der Waals surface area (Å²) in [5.41, 5.74) is 0.331. The van der Waals surface area contributed by atoms with Crippen molar-refractivity contribution in [3.05, 3.63) is 23.8 Å². The van der Waals surface area contributed by atoms with E-state index < -0.39 is 36.0 Å². The molecule has 0 radical (unpaired) electrons. The van der Waals surface area contributed by atoms with Gasteiger partial charge in [-0.05, 0) is 17.7 Å². The van der Waals surface area contributed by atoms with Crippen LogP contribution < -0.4 is 10.1 Å². The lowest BCUT2D eigenvalue weighted by Crippen LogP contribution is -2.41. The number of carboxylic acids is 1. The Kier molecular flexibility index (Phi) is 7.11. The van der Waals surface area contributed by atoms with E-state index in [0.29, 0.717) is 5.56 Å². The van der Waals surface area contributed by atoms with Crippen LogP contribution in [0.25, 0.3) is 0 Å². The van der Waals surface area contributed by atoms with E-state index in [9.17, 15) is 24.9 Å². The maximum Gasteiger partial charge on any atom is 0.343 e. The number of esters is 1. The number of rotatable bonds is 8. The molecule has 24 heavy (non-hydrogen) atoms. The van der Waals surface area contributed by atoms with Gasteiger partial charge in [0.25, 0.3) is 0 Å². The van der Waals surface area contributed by atoms with Crippen LogP contribution in [0.15, 0.2) is 18.2 Å². The Morgan fingerprint density at radius 2 is 1.79 bits per heavy atom. The van der Waals surface area contributed by atoms with Crippen LogP contribution in [0.4, 0.5) is 0 Å². The molecule has 0 aromatic heterocycles. The lowest BCUT2D eigenvalue weighted by molar-refractivity contribution is -0.164. The Bertz CT molecular complexity index is 589. The van der Waals surface area contributed by atoms with Gasteiger partial charge in [-0.15, -0.1) is 0 Å². The van der Waals surface area contributed by atoms with Gasteiger partial charge in [0.2, 0.25) is 0 Å². The molecule has 3 unspecified atom stereocenters. The molecule has 3 atom stereocenters. The van der Waals surface area contributed by atoms with Gasteiger partial charge in [0.1, 0.15) is 0 Å². The van der Waals surface area contributed by atoms with Crippen molar-refractivity contribution in [1.29, 1.82) is 0 Å². The van der Waals surface area contributed by atoms with Crippen molar-refractivity contribution in [3.63, 3.8) is 0 Å². The minimum atomic E-state index is -2.36. The number of benzene rings is 1. The van der Waals surface area contributed by atoms with Gasteiger partial charge in [0.05, 0.1) is 6.10 Å². The molecule has 1 aromatic rings. The van der Waals surface area contributed by atoms with Crippen LogP contribution in [0.3, 0.4) is 0 Å². The van der Waals surface area contributed by atoms with Gasteiger partial charge >= 0.3 is 11.9 Å². The van der Waals surface area contributed by atoms with Crippen LogP contribution in [0.5, 0.6) is 11.5 Å². The zero-order valence-electron chi connectivity index (χ0n) is 13.2. The fraction of sp³-hybridized carbons (Fsp3) is 0.467. The Hall–Kier alpha value is -2.20. The maximum atomic E-state index is 11.6. The molecule has 0 aliphatic heterocycles. The van der Waals surface area contributed by atoms with E-state index in [4.69, 9.17) is 14.9 Å². The summed E-state index contributed by atoms with van der Waals surface area (Å²) in [6.45, 7) is 4.01. The summed E-state index contributed by atoms with van der Waals surface area (Å²) < 4.78 is 4.70. The molecule has 9 heteroatoms. The number of aliphatic hydroxyl groups is 3. The highest BCUT2D eigenvalue weighted by Crippen LogP contribution is 2.29. The molecule has 0 spiro atoms. The van der Waals surface area contributed by atoms with Crippen LogP contribution in [-0.2, 0) is 9.59 Å². The van der Waals surface area contributed by atoms with Crippen molar-refractivity contribution in [3.8, 4) is 11.5 Å². The van der Waals surface area contributed by atoms with Crippen molar-refractivity contribution >= 4 is 11.9 Å². The number of phenols is 1. The zero-order chi connectivity index (χ0) is 18.4. The molecule has 6 N–H and O–H groups in total. The molecule has 0 aliphatic rings. The van der Waals surface area contributed by atoms with Gasteiger partial charge in [-0.1, -0.05) is 19.9 Å². The Morgan fingerprint density at radius 3 is 2.33 bits per heavy atom. The third-order valence-corrected chi connectivity index (χ3v) is 3.09. The fourth-order valence-corrected chi connectivity index (χ4v) is 1.72. The largest absolute Gasteiger partial charge is 0.504 e. The molecule has 0 saturated heterocycles. The number of hydrogen-bond acceptors (Lipinski definition) is 8. The van der Waals surface area contributed by atoms with E-state index in [1.165, 1.54) is 18.2 Å². The van der Waals surface area contributed by atoms with Gasteiger partial charge < -0.3 is 35.6 Å². The first-order valence-corrected chi connectivity index (χ1v) is 7.18. The molecular formula is C15H21NO8. The average Bonchev–Trinajstić information content (AvgIpc) is 2.52. The molecule has 1 aromatic carbocycles. The van der Waals surface area contributed by atoms with Crippen LogP contribution in [0.1, 0.15) is 25.5 Å². The minimum Gasteiger partial charge on any atom is -0.504 e.